The molecule has 1 saturated carbocycles. The number of halogens is 1. The Labute approximate surface area is 175 Å². The molecule has 2 heterocycles. The summed E-state index contributed by atoms with van der Waals surface area (Å²) in [6, 6.07) is 10.5. The van der Waals surface area contributed by atoms with E-state index in [-0.39, 0.29) is 29.0 Å². The van der Waals surface area contributed by atoms with Gasteiger partial charge in [-0.3, -0.25) is 9.59 Å². The van der Waals surface area contributed by atoms with Crippen LogP contribution in [0.5, 0.6) is 0 Å². The van der Waals surface area contributed by atoms with E-state index in [0.717, 1.165) is 36.1 Å². The van der Waals surface area contributed by atoms with Crippen LogP contribution in [0, 0.1) is 11.7 Å². The number of carbonyl (C=O) groups excluding carboxylic acids is 2. The SMILES string of the molecule is O=C(NCC1(c2ccc(F)cc2)CCCC1)C1CCN(C(=O)c2cccs2)CC1. The van der Waals surface area contributed by atoms with Gasteiger partial charge in [0.1, 0.15) is 5.82 Å². The van der Waals surface area contributed by atoms with Crippen molar-refractivity contribution >= 4 is 23.2 Å². The lowest BCUT2D eigenvalue weighted by Gasteiger charge is -2.33. The molecular weight excluding hydrogens is 387 g/mol. The van der Waals surface area contributed by atoms with Crippen molar-refractivity contribution < 1.29 is 14.0 Å². The van der Waals surface area contributed by atoms with Crippen LogP contribution in [0.15, 0.2) is 41.8 Å². The number of nitrogens with zero attached hydrogens (tertiary/aromatic N) is 1. The molecule has 4 nitrogen and oxygen atoms in total. The van der Waals surface area contributed by atoms with Crippen LogP contribution in [0.25, 0.3) is 0 Å². The van der Waals surface area contributed by atoms with E-state index in [0.29, 0.717) is 32.5 Å². The van der Waals surface area contributed by atoms with E-state index in [1.54, 1.807) is 0 Å². The monoisotopic (exact) mass is 414 g/mol. The third-order valence-electron chi connectivity index (χ3n) is 6.50. The summed E-state index contributed by atoms with van der Waals surface area (Å²) in [5, 5.41) is 5.10. The van der Waals surface area contributed by atoms with E-state index < -0.39 is 0 Å². The van der Waals surface area contributed by atoms with Crippen molar-refractivity contribution in [1.82, 2.24) is 10.2 Å². The van der Waals surface area contributed by atoms with Gasteiger partial charge in [0.05, 0.1) is 4.88 Å². The number of nitrogens with one attached hydrogen (secondary N) is 1. The topological polar surface area (TPSA) is 49.4 Å². The van der Waals surface area contributed by atoms with Crippen LogP contribution < -0.4 is 5.32 Å². The second-order valence-electron chi connectivity index (χ2n) is 8.26. The first-order valence-corrected chi connectivity index (χ1v) is 11.3. The lowest BCUT2D eigenvalue weighted by atomic mass is 9.78. The van der Waals surface area contributed by atoms with Crippen molar-refractivity contribution in [1.29, 1.82) is 0 Å². The largest absolute Gasteiger partial charge is 0.355 e. The van der Waals surface area contributed by atoms with Gasteiger partial charge in [0.25, 0.3) is 5.91 Å². The summed E-state index contributed by atoms with van der Waals surface area (Å²) >= 11 is 1.46. The second-order valence-corrected chi connectivity index (χ2v) is 9.20. The standard InChI is InChI=1S/C23H27FN2O2S/c24-19-7-5-18(6-8-19)23(11-1-2-12-23)16-25-21(27)17-9-13-26(14-10-17)22(28)20-4-3-15-29-20/h3-8,15,17H,1-2,9-14,16H2,(H,25,27). The molecule has 1 N–H and O–H groups in total. The molecule has 29 heavy (non-hydrogen) atoms. The van der Waals surface area contributed by atoms with Gasteiger partial charge in [0.15, 0.2) is 0 Å². The van der Waals surface area contributed by atoms with Gasteiger partial charge in [-0.2, -0.15) is 0 Å². The summed E-state index contributed by atoms with van der Waals surface area (Å²) in [5.74, 6) is -0.120. The number of rotatable bonds is 5. The molecular formula is C23H27FN2O2S. The summed E-state index contributed by atoms with van der Waals surface area (Å²) in [7, 11) is 0. The smallest absolute Gasteiger partial charge is 0.263 e. The van der Waals surface area contributed by atoms with Crippen molar-refractivity contribution in [3.05, 3.63) is 58.0 Å². The minimum atomic E-state index is -0.227. The van der Waals surface area contributed by atoms with Crippen LogP contribution in [-0.4, -0.2) is 36.3 Å². The molecule has 2 aliphatic rings. The van der Waals surface area contributed by atoms with Gasteiger partial charge in [-0.15, -0.1) is 11.3 Å². The number of hydrogen-bond donors (Lipinski definition) is 1. The Morgan fingerprint density at radius 1 is 1.10 bits per heavy atom. The van der Waals surface area contributed by atoms with Crippen LogP contribution in [0.1, 0.15) is 53.8 Å². The van der Waals surface area contributed by atoms with E-state index in [2.05, 4.69) is 5.32 Å². The zero-order valence-electron chi connectivity index (χ0n) is 16.5. The maximum absolute atomic E-state index is 13.3. The quantitative estimate of drug-likeness (QED) is 0.790. The van der Waals surface area contributed by atoms with E-state index in [1.165, 1.54) is 23.5 Å². The van der Waals surface area contributed by atoms with Gasteiger partial charge in [0, 0.05) is 31.0 Å². The molecule has 0 radical (unpaired) electrons. The van der Waals surface area contributed by atoms with Gasteiger partial charge in [-0.05, 0) is 54.8 Å². The highest BCUT2D eigenvalue weighted by atomic mass is 32.1. The molecule has 6 heteroatoms. The molecule has 154 valence electrons. The zero-order chi connectivity index (χ0) is 20.3. The van der Waals surface area contributed by atoms with Crippen LogP contribution in [-0.2, 0) is 10.2 Å². The van der Waals surface area contributed by atoms with E-state index in [1.807, 2.05) is 34.5 Å². The lowest BCUT2D eigenvalue weighted by Crippen LogP contribution is -2.45. The summed E-state index contributed by atoms with van der Waals surface area (Å²) in [5.41, 5.74) is 1.03. The number of amides is 2. The van der Waals surface area contributed by atoms with E-state index in [4.69, 9.17) is 0 Å². The molecule has 0 atom stereocenters. The van der Waals surface area contributed by atoms with Crippen molar-refractivity contribution in [2.75, 3.05) is 19.6 Å². The Kier molecular flexibility index (Phi) is 5.99. The van der Waals surface area contributed by atoms with Crippen LogP contribution in [0.4, 0.5) is 4.39 Å². The normalized spacial score (nSPS) is 19.3. The number of benzene rings is 1. The summed E-state index contributed by atoms with van der Waals surface area (Å²) in [6.45, 7) is 1.85. The lowest BCUT2D eigenvalue weighted by molar-refractivity contribution is -0.126. The van der Waals surface area contributed by atoms with Crippen LogP contribution in [0.2, 0.25) is 0 Å². The highest BCUT2D eigenvalue weighted by Gasteiger charge is 2.37. The number of hydrogen-bond acceptors (Lipinski definition) is 3. The predicted octanol–water partition coefficient (Wildman–Crippen LogP) is 4.37. The second kappa shape index (κ2) is 8.66. The summed E-state index contributed by atoms with van der Waals surface area (Å²) < 4.78 is 13.3. The molecule has 1 aliphatic carbocycles. The summed E-state index contributed by atoms with van der Waals surface area (Å²) in [4.78, 5) is 27.9. The fourth-order valence-corrected chi connectivity index (χ4v) is 5.42. The average molecular weight is 415 g/mol. The molecule has 0 bridgehead atoms. The highest BCUT2D eigenvalue weighted by molar-refractivity contribution is 7.12. The van der Waals surface area contributed by atoms with Crippen molar-refractivity contribution in [2.24, 2.45) is 5.92 Å². The fraction of sp³-hybridized carbons (Fsp3) is 0.478. The number of thiophene rings is 1. The molecule has 1 saturated heterocycles. The third kappa shape index (κ3) is 4.37. The first kappa shape index (κ1) is 20.1. The molecule has 1 aromatic carbocycles. The first-order chi connectivity index (χ1) is 14.1. The Bertz CT molecular complexity index is 836. The molecule has 2 fully saturated rings. The number of carbonyl (C=O) groups is 2. The summed E-state index contributed by atoms with van der Waals surface area (Å²) in [6.07, 6.45) is 5.71. The van der Waals surface area contributed by atoms with Gasteiger partial charge in [-0.25, -0.2) is 4.39 Å². The molecule has 1 aliphatic heterocycles. The Balaban J connectivity index is 1.32. The zero-order valence-corrected chi connectivity index (χ0v) is 17.3. The molecule has 2 aromatic rings. The fourth-order valence-electron chi connectivity index (χ4n) is 4.72. The molecule has 4 rings (SSSR count). The van der Waals surface area contributed by atoms with Crippen LogP contribution in [0.3, 0.4) is 0 Å². The third-order valence-corrected chi connectivity index (χ3v) is 7.36. The van der Waals surface area contributed by atoms with Crippen molar-refractivity contribution in [2.45, 2.75) is 43.9 Å². The predicted molar refractivity (Wildman–Crippen MR) is 113 cm³/mol. The molecule has 1 aromatic heterocycles. The van der Waals surface area contributed by atoms with Gasteiger partial charge in [0.2, 0.25) is 5.91 Å². The molecule has 0 unspecified atom stereocenters. The maximum Gasteiger partial charge on any atom is 0.263 e. The molecule has 2 amide bonds. The van der Waals surface area contributed by atoms with E-state index >= 15 is 0 Å². The first-order valence-electron chi connectivity index (χ1n) is 10.4. The average Bonchev–Trinajstić information content (AvgIpc) is 3.45. The van der Waals surface area contributed by atoms with Gasteiger partial charge >= 0.3 is 0 Å². The maximum atomic E-state index is 13.3. The minimum absolute atomic E-state index is 0.0472. The number of likely N-dealkylation sites (tertiary alicyclic amines) is 1. The Hall–Kier alpha value is -2.21. The van der Waals surface area contributed by atoms with Gasteiger partial charge < -0.3 is 10.2 Å². The van der Waals surface area contributed by atoms with Crippen LogP contribution >= 0.6 is 11.3 Å². The number of piperidine rings is 1. The molecule has 0 spiro atoms. The van der Waals surface area contributed by atoms with E-state index in [9.17, 15) is 14.0 Å². The van der Waals surface area contributed by atoms with Crippen molar-refractivity contribution in [3.8, 4) is 0 Å². The van der Waals surface area contributed by atoms with Gasteiger partial charge in [-0.1, -0.05) is 31.0 Å². The highest BCUT2D eigenvalue weighted by Crippen LogP contribution is 2.40. The van der Waals surface area contributed by atoms with Crippen molar-refractivity contribution in [3.63, 3.8) is 0 Å². The minimum Gasteiger partial charge on any atom is -0.355 e. The Morgan fingerprint density at radius 3 is 2.41 bits per heavy atom. The Morgan fingerprint density at radius 2 is 1.79 bits per heavy atom.